The molecule has 8 heteroatoms. The Balaban J connectivity index is 1.90. The van der Waals surface area contributed by atoms with E-state index in [1.807, 2.05) is 32.9 Å². The minimum atomic E-state index is -0.299. The first-order valence-electron chi connectivity index (χ1n) is 10.1. The average Bonchev–Trinajstić information content (AvgIpc) is 2.67. The third-order valence-corrected chi connectivity index (χ3v) is 5.23. The van der Waals surface area contributed by atoms with Crippen molar-refractivity contribution in [3.63, 3.8) is 0 Å². The minimum Gasteiger partial charge on any atom is -0.493 e. The fourth-order valence-corrected chi connectivity index (χ4v) is 3.58. The molecule has 2 N–H and O–H groups in total. The molecule has 1 amide bonds. The second-order valence-electron chi connectivity index (χ2n) is 8.13. The summed E-state index contributed by atoms with van der Waals surface area (Å²) < 4.78 is 17.6. The zero-order chi connectivity index (χ0) is 21.3. The summed E-state index contributed by atoms with van der Waals surface area (Å²) in [7, 11) is 1.60. The number of nitrogens with one attached hydrogen (secondary N) is 2. The summed E-state index contributed by atoms with van der Waals surface area (Å²) in [5.41, 5.74) is 0.645. The van der Waals surface area contributed by atoms with Gasteiger partial charge < -0.3 is 24.8 Å². The van der Waals surface area contributed by atoms with Gasteiger partial charge >= 0.3 is 0 Å². The van der Waals surface area contributed by atoms with Crippen molar-refractivity contribution in [1.29, 1.82) is 0 Å². The van der Waals surface area contributed by atoms with E-state index in [1.165, 1.54) is 0 Å². The number of halogens is 1. The Hall–Kier alpha value is -1.35. The standard InChI is InChI=1S/C21H34BrN3O4/c1-21(2,3)24-19(26)15-29-20-16(17(22)6-7-18(20)27-4)14-23-8-5-9-25-10-12-28-13-11-25/h6-7,23H,5,8-15H2,1-4H3,(H,24,26). The highest BCUT2D eigenvalue weighted by atomic mass is 79.9. The molecule has 0 aliphatic carbocycles. The van der Waals surface area contributed by atoms with E-state index in [0.29, 0.717) is 18.0 Å². The van der Waals surface area contributed by atoms with Crippen molar-refractivity contribution in [2.45, 2.75) is 39.3 Å². The Morgan fingerprint density at radius 3 is 2.66 bits per heavy atom. The maximum atomic E-state index is 12.2. The third kappa shape index (κ3) is 8.50. The van der Waals surface area contributed by atoms with E-state index in [4.69, 9.17) is 14.2 Å². The van der Waals surface area contributed by atoms with Crippen molar-refractivity contribution in [2.24, 2.45) is 0 Å². The number of morpholine rings is 1. The normalized spacial score (nSPS) is 15.2. The lowest BCUT2D eigenvalue weighted by molar-refractivity contribution is -0.124. The van der Waals surface area contributed by atoms with Crippen molar-refractivity contribution >= 4 is 21.8 Å². The third-order valence-electron chi connectivity index (χ3n) is 4.48. The van der Waals surface area contributed by atoms with Crippen LogP contribution in [0.2, 0.25) is 0 Å². The molecule has 1 aromatic rings. The second kappa shape index (κ2) is 11.7. The van der Waals surface area contributed by atoms with Crippen LogP contribution in [0.4, 0.5) is 0 Å². The van der Waals surface area contributed by atoms with E-state index in [0.717, 1.165) is 55.8 Å². The molecule has 0 unspecified atom stereocenters. The number of hydrogen-bond donors (Lipinski definition) is 2. The first-order valence-corrected chi connectivity index (χ1v) is 10.9. The predicted molar refractivity (Wildman–Crippen MR) is 118 cm³/mol. The van der Waals surface area contributed by atoms with Crippen LogP contribution in [0.15, 0.2) is 16.6 Å². The Morgan fingerprint density at radius 1 is 1.28 bits per heavy atom. The van der Waals surface area contributed by atoms with Gasteiger partial charge in [-0.3, -0.25) is 9.69 Å². The minimum absolute atomic E-state index is 0.0614. The van der Waals surface area contributed by atoms with Gasteiger partial charge in [-0.1, -0.05) is 15.9 Å². The molecule has 2 rings (SSSR count). The van der Waals surface area contributed by atoms with Crippen LogP contribution in [-0.2, 0) is 16.1 Å². The molecule has 1 saturated heterocycles. The van der Waals surface area contributed by atoms with E-state index < -0.39 is 0 Å². The number of rotatable bonds is 10. The quantitative estimate of drug-likeness (QED) is 0.510. The smallest absolute Gasteiger partial charge is 0.258 e. The summed E-state index contributed by atoms with van der Waals surface area (Å²) in [6.07, 6.45) is 1.06. The van der Waals surface area contributed by atoms with Gasteiger partial charge in [-0.15, -0.1) is 0 Å². The van der Waals surface area contributed by atoms with Gasteiger partial charge in [0.2, 0.25) is 0 Å². The highest BCUT2D eigenvalue weighted by molar-refractivity contribution is 9.10. The van der Waals surface area contributed by atoms with Crippen LogP contribution in [0, 0.1) is 0 Å². The van der Waals surface area contributed by atoms with E-state index in [9.17, 15) is 4.79 Å². The topological polar surface area (TPSA) is 72.1 Å². The molecule has 1 aromatic carbocycles. The summed E-state index contributed by atoms with van der Waals surface area (Å²) in [5, 5.41) is 6.38. The number of ether oxygens (including phenoxy) is 3. The molecule has 0 atom stereocenters. The Labute approximate surface area is 182 Å². The molecule has 29 heavy (non-hydrogen) atoms. The van der Waals surface area contributed by atoms with Crippen molar-refractivity contribution in [2.75, 3.05) is 53.1 Å². The summed E-state index contributed by atoms with van der Waals surface area (Å²) in [4.78, 5) is 14.6. The van der Waals surface area contributed by atoms with Crippen LogP contribution in [0.5, 0.6) is 11.5 Å². The number of nitrogens with zero attached hydrogens (tertiary/aromatic N) is 1. The lowest BCUT2D eigenvalue weighted by Crippen LogP contribution is -2.43. The molecular formula is C21H34BrN3O4. The van der Waals surface area contributed by atoms with Gasteiger partial charge in [-0.2, -0.15) is 0 Å². The first-order chi connectivity index (χ1) is 13.8. The van der Waals surface area contributed by atoms with Crippen LogP contribution in [-0.4, -0.2) is 69.5 Å². The molecule has 1 aliphatic rings. The average molecular weight is 472 g/mol. The summed E-state index contributed by atoms with van der Waals surface area (Å²) >= 11 is 3.60. The van der Waals surface area contributed by atoms with Gasteiger partial charge in [-0.25, -0.2) is 0 Å². The molecule has 7 nitrogen and oxygen atoms in total. The van der Waals surface area contributed by atoms with Gasteiger partial charge in [-0.05, 0) is 52.4 Å². The van der Waals surface area contributed by atoms with Gasteiger partial charge in [0.15, 0.2) is 18.1 Å². The van der Waals surface area contributed by atoms with Crippen molar-refractivity contribution < 1.29 is 19.0 Å². The highest BCUT2D eigenvalue weighted by Crippen LogP contribution is 2.36. The molecule has 164 valence electrons. The summed E-state index contributed by atoms with van der Waals surface area (Å²) in [6.45, 7) is 12.0. The monoisotopic (exact) mass is 471 g/mol. The number of carbonyl (C=O) groups is 1. The summed E-state index contributed by atoms with van der Waals surface area (Å²) in [5.74, 6) is 1.04. The van der Waals surface area contributed by atoms with Crippen LogP contribution in [0.1, 0.15) is 32.8 Å². The largest absolute Gasteiger partial charge is 0.493 e. The van der Waals surface area contributed by atoms with Crippen LogP contribution < -0.4 is 20.1 Å². The van der Waals surface area contributed by atoms with E-state index in [-0.39, 0.29) is 18.1 Å². The predicted octanol–water partition coefficient (Wildman–Crippen LogP) is 2.56. The Kier molecular flexibility index (Phi) is 9.68. The number of methoxy groups -OCH3 is 1. The Morgan fingerprint density at radius 2 is 2.00 bits per heavy atom. The lowest BCUT2D eigenvalue weighted by Gasteiger charge is -2.26. The second-order valence-corrected chi connectivity index (χ2v) is 8.98. The first kappa shape index (κ1) is 23.9. The SMILES string of the molecule is COc1ccc(Br)c(CNCCCN2CCOCC2)c1OCC(=O)NC(C)(C)C. The van der Waals surface area contributed by atoms with E-state index >= 15 is 0 Å². The van der Waals surface area contributed by atoms with Crippen LogP contribution >= 0.6 is 15.9 Å². The van der Waals surface area contributed by atoms with Crippen LogP contribution in [0.3, 0.4) is 0 Å². The van der Waals surface area contributed by atoms with Gasteiger partial charge in [0.05, 0.1) is 20.3 Å². The molecule has 0 radical (unpaired) electrons. The fraction of sp³-hybridized carbons (Fsp3) is 0.667. The highest BCUT2D eigenvalue weighted by Gasteiger charge is 2.18. The molecule has 0 spiro atoms. The van der Waals surface area contributed by atoms with Crippen molar-refractivity contribution in [3.8, 4) is 11.5 Å². The van der Waals surface area contributed by atoms with E-state index in [2.05, 4.69) is 31.5 Å². The molecule has 0 saturated carbocycles. The van der Waals surface area contributed by atoms with Gasteiger partial charge in [0, 0.05) is 35.2 Å². The molecule has 1 aliphatic heterocycles. The van der Waals surface area contributed by atoms with Gasteiger partial charge in [0.1, 0.15) is 0 Å². The lowest BCUT2D eigenvalue weighted by atomic mass is 10.1. The molecule has 1 fully saturated rings. The molecular weight excluding hydrogens is 438 g/mol. The number of benzene rings is 1. The fourth-order valence-electron chi connectivity index (χ4n) is 3.12. The van der Waals surface area contributed by atoms with Crippen molar-refractivity contribution in [3.05, 3.63) is 22.2 Å². The number of hydrogen-bond acceptors (Lipinski definition) is 6. The zero-order valence-corrected chi connectivity index (χ0v) is 19.6. The molecule has 0 aromatic heterocycles. The molecule has 1 heterocycles. The van der Waals surface area contributed by atoms with Crippen LogP contribution in [0.25, 0.3) is 0 Å². The zero-order valence-electron chi connectivity index (χ0n) is 18.0. The summed E-state index contributed by atoms with van der Waals surface area (Å²) in [6, 6.07) is 3.77. The maximum Gasteiger partial charge on any atom is 0.258 e. The van der Waals surface area contributed by atoms with Gasteiger partial charge in [0.25, 0.3) is 5.91 Å². The maximum absolute atomic E-state index is 12.2. The Bertz CT molecular complexity index is 658. The van der Waals surface area contributed by atoms with E-state index in [1.54, 1.807) is 7.11 Å². The molecule has 0 bridgehead atoms. The van der Waals surface area contributed by atoms with Crippen molar-refractivity contribution in [1.82, 2.24) is 15.5 Å². The number of amides is 1. The number of carbonyl (C=O) groups excluding carboxylic acids is 1.